The van der Waals surface area contributed by atoms with Crippen molar-refractivity contribution in [2.24, 2.45) is 0 Å². The molecule has 1 N–H and O–H groups in total. The number of aliphatic carboxylic acids is 1. The Labute approximate surface area is 157 Å². The van der Waals surface area contributed by atoms with Crippen LogP contribution in [0.25, 0.3) is 17.1 Å². The summed E-state index contributed by atoms with van der Waals surface area (Å²) < 4.78 is 1.69. The quantitative estimate of drug-likeness (QED) is 0.640. The fourth-order valence-electron chi connectivity index (χ4n) is 2.78. The van der Waals surface area contributed by atoms with Crippen LogP contribution in [0.2, 0.25) is 5.02 Å². The lowest BCUT2D eigenvalue weighted by atomic mass is 10.0. The minimum atomic E-state index is -0.897. The number of hydrogen-bond donors (Lipinski definition) is 1. The topological polar surface area (TPSA) is 68.0 Å². The first-order chi connectivity index (χ1) is 12.6. The van der Waals surface area contributed by atoms with Gasteiger partial charge in [-0.25, -0.2) is 9.67 Å². The highest BCUT2D eigenvalue weighted by molar-refractivity contribution is 6.30. The average molecular weight is 370 g/mol. The molecule has 0 saturated heterocycles. The first kappa shape index (κ1) is 18.1. The maximum atomic E-state index is 11.7. The molecule has 0 amide bonds. The summed E-state index contributed by atoms with van der Waals surface area (Å²) in [4.78, 5) is 16.3. The highest BCUT2D eigenvalue weighted by Gasteiger charge is 2.26. The van der Waals surface area contributed by atoms with E-state index in [0.29, 0.717) is 23.1 Å². The fraction of sp³-hybridized carbons (Fsp3) is 0.250. The van der Waals surface area contributed by atoms with E-state index >= 15 is 0 Å². The number of aromatic nitrogens is 3. The van der Waals surface area contributed by atoms with Crippen molar-refractivity contribution in [3.63, 3.8) is 0 Å². The number of benzene rings is 2. The van der Waals surface area contributed by atoms with Crippen LogP contribution in [0.5, 0.6) is 0 Å². The second-order valence-corrected chi connectivity index (χ2v) is 6.52. The van der Waals surface area contributed by atoms with E-state index < -0.39 is 11.9 Å². The third kappa shape index (κ3) is 3.94. The lowest BCUT2D eigenvalue weighted by molar-refractivity contribution is -0.139. The van der Waals surface area contributed by atoms with Gasteiger partial charge in [0.05, 0.1) is 5.69 Å². The highest BCUT2D eigenvalue weighted by Crippen LogP contribution is 2.27. The molecule has 6 heteroatoms. The molecule has 0 aliphatic rings. The van der Waals surface area contributed by atoms with Gasteiger partial charge >= 0.3 is 5.97 Å². The number of nitrogens with zero attached hydrogens (tertiary/aromatic N) is 3. The summed E-state index contributed by atoms with van der Waals surface area (Å²) in [5, 5.41) is 14.8. The average Bonchev–Trinajstić information content (AvgIpc) is 3.08. The Morgan fingerprint density at radius 3 is 2.46 bits per heavy atom. The van der Waals surface area contributed by atoms with E-state index in [9.17, 15) is 9.90 Å². The van der Waals surface area contributed by atoms with E-state index in [2.05, 4.69) is 10.1 Å². The van der Waals surface area contributed by atoms with Gasteiger partial charge in [-0.1, -0.05) is 49.6 Å². The van der Waals surface area contributed by atoms with Crippen LogP contribution in [-0.4, -0.2) is 25.8 Å². The van der Waals surface area contributed by atoms with Crippen molar-refractivity contribution in [3.8, 4) is 17.1 Å². The van der Waals surface area contributed by atoms with Crippen LogP contribution < -0.4 is 0 Å². The molecule has 1 atom stereocenters. The van der Waals surface area contributed by atoms with Crippen LogP contribution in [0.15, 0.2) is 54.6 Å². The standard InChI is InChI=1S/C20H20ClN3O2/c1-2-3-9-17(20(25)26)18-22-19(14-10-12-15(21)13-11-14)24(23-18)16-7-5-4-6-8-16/h4-8,10-13,17H,2-3,9H2,1H3,(H,25,26). The molecular weight excluding hydrogens is 350 g/mol. The maximum absolute atomic E-state index is 11.7. The van der Waals surface area contributed by atoms with Crippen molar-refractivity contribution in [1.29, 1.82) is 0 Å². The Morgan fingerprint density at radius 2 is 1.85 bits per heavy atom. The second-order valence-electron chi connectivity index (χ2n) is 6.08. The third-order valence-corrected chi connectivity index (χ3v) is 4.43. The minimum absolute atomic E-state index is 0.333. The largest absolute Gasteiger partial charge is 0.481 e. The normalized spacial score (nSPS) is 12.1. The molecule has 1 aromatic heterocycles. The SMILES string of the molecule is CCCCC(C(=O)O)c1nc(-c2ccc(Cl)cc2)n(-c2ccccc2)n1. The molecule has 26 heavy (non-hydrogen) atoms. The predicted molar refractivity (Wildman–Crippen MR) is 102 cm³/mol. The molecule has 0 aliphatic heterocycles. The Hall–Kier alpha value is -2.66. The van der Waals surface area contributed by atoms with Gasteiger partial charge in [0.2, 0.25) is 0 Å². The van der Waals surface area contributed by atoms with Gasteiger partial charge < -0.3 is 5.11 Å². The van der Waals surface area contributed by atoms with Crippen LogP contribution in [-0.2, 0) is 4.79 Å². The zero-order valence-corrected chi connectivity index (χ0v) is 15.2. The van der Waals surface area contributed by atoms with E-state index in [1.165, 1.54) is 0 Å². The van der Waals surface area contributed by atoms with E-state index in [4.69, 9.17) is 11.6 Å². The molecule has 0 aliphatic carbocycles. The lowest BCUT2D eigenvalue weighted by Gasteiger charge is -2.07. The van der Waals surface area contributed by atoms with Crippen molar-refractivity contribution in [2.75, 3.05) is 0 Å². The second kappa shape index (κ2) is 8.15. The van der Waals surface area contributed by atoms with Gasteiger partial charge in [0.1, 0.15) is 5.92 Å². The first-order valence-corrected chi connectivity index (χ1v) is 8.99. The number of unbranched alkanes of at least 4 members (excludes halogenated alkanes) is 1. The lowest BCUT2D eigenvalue weighted by Crippen LogP contribution is -2.13. The van der Waals surface area contributed by atoms with Crippen molar-refractivity contribution < 1.29 is 9.90 Å². The van der Waals surface area contributed by atoms with Gasteiger partial charge in [-0.15, -0.1) is 5.10 Å². The smallest absolute Gasteiger partial charge is 0.314 e. The summed E-state index contributed by atoms with van der Waals surface area (Å²) in [7, 11) is 0. The van der Waals surface area contributed by atoms with Crippen molar-refractivity contribution in [1.82, 2.24) is 14.8 Å². The summed E-state index contributed by atoms with van der Waals surface area (Å²) in [6.07, 6.45) is 2.25. The number of carboxylic acids is 1. The van der Waals surface area contributed by atoms with Gasteiger partial charge in [-0.05, 0) is 42.8 Å². The van der Waals surface area contributed by atoms with Gasteiger partial charge in [0.25, 0.3) is 0 Å². The van der Waals surface area contributed by atoms with Crippen LogP contribution >= 0.6 is 11.6 Å². The molecule has 2 aromatic carbocycles. The summed E-state index contributed by atoms with van der Waals surface area (Å²) in [5.41, 5.74) is 1.66. The first-order valence-electron chi connectivity index (χ1n) is 8.61. The Balaban J connectivity index is 2.10. The number of carbonyl (C=O) groups is 1. The van der Waals surface area contributed by atoms with Gasteiger partial charge in [0, 0.05) is 10.6 Å². The van der Waals surface area contributed by atoms with E-state index in [1.54, 1.807) is 16.8 Å². The Bertz CT molecular complexity index is 876. The van der Waals surface area contributed by atoms with Gasteiger partial charge in [0.15, 0.2) is 11.6 Å². The summed E-state index contributed by atoms with van der Waals surface area (Å²) in [5.74, 6) is -0.678. The summed E-state index contributed by atoms with van der Waals surface area (Å²) >= 11 is 5.99. The molecule has 5 nitrogen and oxygen atoms in total. The molecule has 1 heterocycles. The molecule has 0 fully saturated rings. The number of rotatable bonds is 7. The van der Waals surface area contributed by atoms with Crippen molar-refractivity contribution in [2.45, 2.75) is 32.1 Å². The zero-order valence-electron chi connectivity index (χ0n) is 14.5. The van der Waals surface area contributed by atoms with Crippen LogP contribution in [0, 0.1) is 0 Å². The van der Waals surface area contributed by atoms with Gasteiger partial charge in [-0.2, -0.15) is 0 Å². The Kier molecular flexibility index (Phi) is 5.68. The van der Waals surface area contributed by atoms with E-state index in [1.807, 2.05) is 49.4 Å². The molecule has 134 valence electrons. The number of carboxylic acid groups (broad SMARTS) is 1. The summed E-state index contributed by atoms with van der Waals surface area (Å²) in [6.45, 7) is 2.04. The molecule has 0 saturated carbocycles. The number of hydrogen-bond acceptors (Lipinski definition) is 3. The predicted octanol–water partition coefficient (Wildman–Crippen LogP) is 4.95. The van der Waals surface area contributed by atoms with E-state index in [-0.39, 0.29) is 0 Å². The summed E-state index contributed by atoms with van der Waals surface area (Å²) in [6, 6.07) is 16.9. The number of halogens is 1. The number of para-hydroxylation sites is 1. The molecule has 3 rings (SSSR count). The fourth-order valence-corrected chi connectivity index (χ4v) is 2.91. The van der Waals surface area contributed by atoms with Crippen LogP contribution in [0.4, 0.5) is 0 Å². The van der Waals surface area contributed by atoms with Crippen LogP contribution in [0.3, 0.4) is 0 Å². The van der Waals surface area contributed by atoms with Crippen LogP contribution in [0.1, 0.15) is 37.9 Å². The molecular formula is C20H20ClN3O2. The molecule has 1 unspecified atom stereocenters. The minimum Gasteiger partial charge on any atom is -0.481 e. The maximum Gasteiger partial charge on any atom is 0.314 e. The monoisotopic (exact) mass is 369 g/mol. The third-order valence-electron chi connectivity index (χ3n) is 4.18. The van der Waals surface area contributed by atoms with E-state index in [0.717, 1.165) is 24.1 Å². The molecule has 3 aromatic rings. The molecule has 0 spiro atoms. The van der Waals surface area contributed by atoms with Crippen molar-refractivity contribution in [3.05, 3.63) is 65.4 Å². The zero-order chi connectivity index (χ0) is 18.5. The highest BCUT2D eigenvalue weighted by atomic mass is 35.5. The molecule has 0 bridgehead atoms. The molecule has 0 radical (unpaired) electrons. The van der Waals surface area contributed by atoms with Crippen molar-refractivity contribution >= 4 is 17.6 Å². The Morgan fingerprint density at radius 1 is 1.15 bits per heavy atom. The van der Waals surface area contributed by atoms with Gasteiger partial charge in [-0.3, -0.25) is 4.79 Å².